The number of fused-ring (bicyclic) bond motifs is 1. The number of piperidine rings is 1. The van der Waals surface area contributed by atoms with Gasteiger partial charge in [-0.2, -0.15) is 5.26 Å². The normalized spacial score (nSPS) is 14.1. The molecule has 1 fully saturated rings. The van der Waals surface area contributed by atoms with Gasteiger partial charge in [-0.1, -0.05) is 41.9 Å². The van der Waals surface area contributed by atoms with Gasteiger partial charge in [0, 0.05) is 55.3 Å². The zero-order valence-corrected chi connectivity index (χ0v) is 19.4. The first-order valence-corrected chi connectivity index (χ1v) is 11.7. The van der Waals surface area contributed by atoms with Gasteiger partial charge in [0.25, 0.3) is 0 Å². The predicted molar refractivity (Wildman–Crippen MR) is 135 cm³/mol. The first kappa shape index (κ1) is 22.0. The van der Waals surface area contributed by atoms with E-state index in [1.54, 1.807) is 12.4 Å². The zero-order valence-electron chi connectivity index (χ0n) is 18.6. The van der Waals surface area contributed by atoms with Gasteiger partial charge in [-0.05, 0) is 35.9 Å². The number of hydrogen-bond acceptors (Lipinski definition) is 6. The zero-order chi connectivity index (χ0) is 23.3. The fourth-order valence-electron chi connectivity index (χ4n) is 4.35. The van der Waals surface area contributed by atoms with Crippen LogP contribution < -0.4 is 15.0 Å². The molecule has 0 amide bonds. The van der Waals surface area contributed by atoms with Gasteiger partial charge in [-0.3, -0.25) is 4.98 Å². The Hall–Kier alpha value is -3.82. The van der Waals surface area contributed by atoms with Crippen LogP contribution in [0.1, 0.15) is 24.0 Å². The maximum atomic E-state index is 10.2. The van der Waals surface area contributed by atoms with Crippen molar-refractivity contribution in [3.63, 3.8) is 0 Å². The Morgan fingerprint density at radius 2 is 1.76 bits per heavy atom. The number of rotatable bonds is 6. The average molecular weight is 470 g/mol. The molecule has 6 nitrogen and oxygen atoms in total. The van der Waals surface area contributed by atoms with Crippen LogP contribution in [-0.4, -0.2) is 29.2 Å². The lowest BCUT2D eigenvalue weighted by molar-refractivity contribution is 0.171. The van der Waals surface area contributed by atoms with Crippen molar-refractivity contribution in [1.29, 1.82) is 5.26 Å². The largest absolute Gasteiger partial charge is 0.490 e. The van der Waals surface area contributed by atoms with Crippen molar-refractivity contribution in [3.8, 4) is 11.8 Å². The maximum Gasteiger partial charge on any atom is 0.147 e. The molecule has 0 saturated carbocycles. The maximum absolute atomic E-state index is 10.2. The highest BCUT2D eigenvalue weighted by atomic mass is 35.5. The van der Waals surface area contributed by atoms with Crippen molar-refractivity contribution >= 4 is 34.0 Å². The molecule has 0 spiro atoms. The number of halogens is 1. The third kappa shape index (κ3) is 4.75. The molecular weight excluding hydrogens is 446 g/mol. The molecule has 1 N–H and O–H groups in total. The van der Waals surface area contributed by atoms with Crippen molar-refractivity contribution in [2.24, 2.45) is 0 Å². The second-order valence-corrected chi connectivity index (χ2v) is 8.72. The highest BCUT2D eigenvalue weighted by Gasteiger charge is 2.26. The smallest absolute Gasteiger partial charge is 0.147 e. The lowest BCUT2D eigenvalue weighted by Gasteiger charge is -2.35. The van der Waals surface area contributed by atoms with Crippen LogP contribution in [0.15, 0.2) is 73.1 Å². The summed E-state index contributed by atoms with van der Waals surface area (Å²) in [5, 5.41) is 15.2. The Labute approximate surface area is 203 Å². The molecule has 34 heavy (non-hydrogen) atoms. The van der Waals surface area contributed by atoms with E-state index >= 15 is 0 Å². The van der Waals surface area contributed by atoms with Crippen molar-refractivity contribution < 1.29 is 4.74 Å². The number of benzene rings is 2. The van der Waals surface area contributed by atoms with Gasteiger partial charge in [0.15, 0.2) is 0 Å². The topological polar surface area (TPSA) is 74.1 Å². The van der Waals surface area contributed by atoms with Crippen LogP contribution in [0.3, 0.4) is 0 Å². The highest BCUT2D eigenvalue weighted by Crippen LogP contribution is 2.36. The second kappa shape index (κ2) is 9.98. The Balaban J connectivity index is 1.41. The first-order chi connectivity index (χ1) is 16.7. The molecule has 0 radical (unpaired) electrons. The minimum absolute atomic E-state index is 0.139. The van der Waals surface area contributed by atoms with Gasteiger partial charge in [0.2, 0.25) is 0 Å². The minimum Gasteiger partial charge on any atom is -0.490 e. The number of nitriles is 1. The summed E-state index contributed by atoms with van der Waals surface area (Å²) in [7, 11) is 0. The predicted octanol–water partition coefficient (Wildman–Crippen LogP) is 5.81. The monoisotopic (exact) mass is 469 g/mol. The van der Waals surface area contributed by atoms with Crippen LogP contribution in [0.25, 0.3) is 10.9 Å². The van der Waals surface area contributed by atoms with Crippen molar-refractivity contribution in [3.05, 3.63) is 89.2 Å². The molecule has 2 aromatic carbocycles. The van der Waals surface area contributed by atoms with Crippen LogP contribution >= 0.6 is 11.6 Å². The van der Waals surface area contributed by atoms with Crippen LogP contribution in [0.4, 0.5) is 11.5 Å². The summed E-state index contributed by atoms with van der Waals surface area (Å²) in [6.45, 7) is 2.16. The lowest BCUT2D eigenvalue weighted by Crippen LogP contribution is -2.39. The molecule has 170 valence electrons. The fraction of sp³-hybridized carbons (Fsp3) is 0.222. The third-order valence-corrected chi connectivity index (χ3v) is 6.31. The second-order valence-electron chi connectivity index (χ2n) is 8.28. The molecule has 7 heteroatoms. The number of ether oxygens (including phenoxy) is 1. The molecule has 0 atom stereocenters. The van der Waals surface area contributed by atoms with E-state index < -0.39 is 0 Å². The molecule has 1 aliphatic heterocycles. The Morgan fingerprint density at radius 1 is 1.03 bits per heavy atom. The fourth-order valence-corrected chi connectivity index (χ4v) is 4.48. The molecule has 0 unspecified atom stereocenters. The van der Waals surface area contributed by atoms with Crippen molar-refractivity contribution in [2.75, 3.05) is 23.3 Å². The van der Waals surface area contributed by atoms with Gasteiger partial charge in [0.1, 0.15) is 29.3 Å². The molecule has 5 rings (SSSR count). The molecule has 0 aliphatic carbocycles. The number of hydrogen-bond donors (Lipinski definition) is 1. The van der Waals surface area contributed by atoms with E-state index in [0.29, 0.717) is 22.9 Å². The number of aromatic nitrogens is 2. The summed E-state index contributed by atoms with van der Waals surface area (Å²) < 4.78 is 6.14. The van der Waals surface area contributed by atoms with E-state index in [2.05, 4.69) is 21.3 Å². The first-order valence-electron chi connectivity index (χ1n) is 11.3. The van der Waals surface area contributed by atoms with E-state index in [9.17, 15) is 5.26 Å². The number of para-hydroxylation sites is 1. The summed E-state index contributed by atoms with van der Waals surface area (Å²) in [5.74, 6) is 1.44. The molecule has 1 saturated heterocycles. The molecule has 3 heterocycles. The Kier molecular flexibility index (Phi) is 6.46. The molecule has 0 bridgehead atoms. The van der Waals surface area contributed by atoms with Crippen molar-refractivity contribution in [1.82, 2.24) is 9.97 Å². The van der Waals surface area contributed by atoms with E-state index in [0.717, 1.165) is 53.8 Å². The van der Waals surface area contributed by atoms with Crippen LogP contribution in [0.5, 0.6) is 5.75 Å². The minimum atomic E-state index is 0.139. The number of pyridine rings is 2. The third-order valence-electron chi connectivity index (χ3n) is 6.06. The Bertz CT molecular complexity index is 1310. The van der Waals surface area contributed by atoms with Crippen LogP contribution in [0, 0.1) is 11.3 Å². The van der Waals surface area contributed by atoms with E-state index in [-0.39, 0.29) is 6.10 Å². The standard InChI is InChI=1S/C27H24ClN5O/c28-20-7-5-19(6-8-20)18-31-27-24(17-29)26(23-3-1-2-4-25(23)32-27)33-15-11-22(12-16-33)34-21-9-13-30-14-10-21/h1-10,13-14,22H,11-12,15-16,18H2,(H,31,32). The van der Waals surface area contributed by atoms with Gasteiger partial charge in [-0.25, -0.2) is 4.98 Å². The lowest BCUT2D eigenvalue weighted by atomic mass is 10.0. The average Bonchev–Trinajstić information content (AvgIpc) is 2.88. The molecular formula is C27H24ClN5O. The highest BCUT2D eigenvalue weighted by molar-refractivity contribution is 6.30. The van der Waals surface area contributed by atoms with Crippen LogP contribution in [0.2, 0.25) is 5.02 Å². The quantitative estimate of drug-likeness (QED) is 0.384. The molecule has 4 aromatic rings. The summed E-state index contributed by atoms with van der Waals surface area (Å²) in [6, 6.07) is 21.9. The van der Waals surface area contributed by atoms with Gasteiger partial charge < -0.3 is 15.0 Å². The van der Waals surface area contributed by atoms with E-state index in [4.69, 9.17) is 21.3 Å². The van der Waals surface area contributed by atoms with Gasteiger partial charge >= 0.3 is 0 Å². The summed E-state index contributed by atoms with van der Waals surface area (Å²) in [6.07, 6.45) is 5.37. The summed E-state index contributed by atoms with van der Waals surface area (Å²) in [5.41, 5.74) is 3.44. The molecule has 1 aliphatic rings. The summed E-state index contributed by atoms with van der Waals surface area (Å²) in [4.78, 5) is 11.1. The SMILES string of the molecule is N#Cc1c(NCc2ccc(Cl)cc2)nc2ccccc2c1N1CCC(Oc2ccncc2)CC1. The van der Waals surface area contributed by atoms with E-state index in [1.807, 2.05) is 60.7 Å². The number of anilines is 2. The van der Waals surface area contributed by atoms with Crippen molar-refractivity contribution in [2.45, 2.75) is 25.5 Å². The van der Waals surface area contributed by atoms with E-state index in [1.165, 1.54) is 0 Å². The number of nitrogens with one attached hydrogen (secondary N) is 1. The molecule has 2 aromatic heterocycles. The summed E-state index contributed by atoms with van der Waals surface area (Å²) >= 11 is 6.01. The number of nitrogens with zero attached hydrogens (tertiary/aromatic N) is 4. The Morgan fingerprint density at radius 3 is 2.50 bits per heavy atom. The van der Waals surface area contributed by atoms with Gasteiger partial charge in [0.05, 0.1) is 11.2 Å². The van der Waals surface area contributed by atoms with Gasteiger partial charge in [-0.15, -0.1) is 0 Å². The van der Waals surface area contributed by atoms with Crippen LogP contribution in [-0.2, 0) is 6.54 Å².